The minimum absolute atomic E-state index is 0.109. The SMILES string of the molecule is COC(=O)C(c1ccccc1Cl)N1CCN(c2ccc(C(=O)NC3CC3)cc2[N+](=O)[O-])CC1. The quantitative estimate of drug-likeness (QED) is 0.375. The number of carbonyl (C=O) groups excluding carboxylic acids is 2. The van der Waals surface area contributed by atoms with Gasteiger partial charge in [-0.2, -0.15) is 0 Å². The molecule has 1 N–H and O–H groups in total. The summed E-state index contributed by atoms with van der Waals surface area (Å²) < 4.78 is 5.02. The fourth-order valence-electron chi connectivity index (χ4n) is 4.08. The molecular weight excluding hydrogens is 448 g/mol. The molecule has 1 amide bonds. The lowest BCUT2D eigenvalue weighted by Gasteiger charge is -2.39. The normalized spacial score (nSPS) is 17.3. The molecular formula is C23H25ClN4O5. The van der Waals surface area contributed by atoms with E-state index in [9.17, 15) is 19.7 Å². The van der Waals surface area contributed by atoms with Gasteiger partial charge in [-0.05, 0) is 36.6 Å². The van der Waals surface area contributed by atoms with Crippen LogP contribution in [0.4, 0.5) is 11.4 Å². The van der Waals surface area contributed by atoms with Crippen molar-refractivity contribution in [1.82, 2.24) is 10.2 Å². The highest BCUT2D eigenvalue weighted by Gasteiger charge is 2.34. The Labute approximate surface area is 196 Å². The third-order valence-corrected chi connectivity index (χ3v) is 6.34. The van der Waals surface area contributed by atoms with E-state index in [1.807, 2.05) is 15.9 Å². The molecule has 10 heteroatoms. The van der Waals surface area contributed by atoms with E-state index in [4.69, 9.17) is 16.3 Å². The van der Waals surface area contributed by atoms with E-state index in [0.29, 0.717) is 42.5 Å². The second-order valence-corrected chi connectivity index (χ2v) is 8.59. The van der Waals surface area contributed by atoms with Crippen LogP contribution in [0.1, 0.15) is 34.8 Å². The molecule has 33 heavy (non-hydrogen) atoms. The first-order valence-electron chi connectivity index (χ1n) is 10.8. The predicted molar refractivity (Wildman–Crippen MR) is 124 cm³/mol. The fraction of sp³-hybridized carbons (Fsp3) is 0.391. The Kier molecular flexibility index (Phi) is 6.80. The number of hydrogen-bond donors (Lipinski definition) is 1. The van der Waals surface area contributed by atoms with Gasteiger partial charge in [0.05, 0.1) is 12.0 Å². The first-order chi connectivity index (χ1) is 15.9. The molecule has 1 aliphatic heterocycles. The van der Waals surface area contributed by atoms with Crippen molar-refractivity contribution in [3.05, 3.63) is 68.7 Å². The van der Waals surface area contributed by atoms with Crippen molar-refractivity contribution < 1.29 is 19.2 Å². The number of carbonyl (C=O) groups is 2. The summed E-state index contributed by atoms with van der Waals surface area (Å²) in [7, 11) is 1.34. The van der Waals surface area contributed by atoms with Gasteiger partial charge in [-0.25, -0.2) is 4.79 Å². The number of anilines is 1. The van der Waals surface area contributed by atoms with E-state index in [-0.39, 0.29) is 23.2 Å². The van der Waals surface area contributed by atoms with Crippen LogP contribution in [-0.4, -0.2) is 61.0 Å². The molecule has 0 radical (unpaired) electrons. The average molecular weight is 473 g/mol. The Bertz CT molecular complexity index is 1070. The molecule has 1 unspecified atom stereocenters. The highest BCUT2D eigenvalue weighted by molar-refractivity contribution is 6.31. The molecule has 2 aromatic rings. The summed E-state index contributed by atoms with van der Waals surface area (Å²) in [4.78, 5) is 40.1. The van der Waals surface area contributed by atoms with Gasteiger partial charge in [0.1, 0.15) is 11.7 Å². The van der Waals surface area contributed by atoms with Gasteiger partial charge in [0.25, 0.3) is 11.6 Å². The standard InChI is InChI=1S/C23H25ClN4O5/c1-33-23(30)21(17-4-2-3-5-18(17)24)27-12-10-26(11-13-27)19-9-6-15(14-20(19)28(31)32)22(29)25-16-7-8-16/h2-6,9,14,16,21H,7-8,10-13H2,1H3,(H,25,29). The predicted octanol–water partition coefficient (Wildman–Crippen LogP) is 3.18. The van der Waals surface area contributed by atoms with Gasteiger partial charge >= 0.3 is 5.97 Å². The van der Waals surface area contributed by atoms with Gasteiger partial charge < -0.3 is 15.0 Å². The Balaban J connectivity index is 1.51. The first-order valence-corrected chi connectivity index (χ1v) is 11.2. The smallest absolute Gasteiger partial charge is 0.327 e. The van der Waals surface area contributed by atoms with Crippen LogP contribution in [0.2, 0.25) is 5.02 Å². The maximum atomic E-state index is 12.6. The lowest BCUT2D eigenvalue weighted by atomic mass is 10.0. The molecule has 9 nitrogen and oxygen atoms in total. The minimum atomic E-state index is -0.658. The number of nitro groups is 1. The van der Waals surface area contributed by atoms with Crippen LogP contribution in [-0.2, 0) is 9.53 Å². The second-order valence-electron chi connectivity index (χ2n) is 8.18. The first kappa shape index (κ1) is 23.0. The van der Waals surface area contributed by atoms with E-state index in [0.717, 1.165) is 12.8 Å². The number of ether oxygens (including phenoxy) is 1. The number of rotatable bonds is 7. The molecule has 1 saturated carbocycles. The summed E-state index contributed by atoms with van der Waals surface area (Å²) in [5.74, 6) is -0.703. The number of piperazine rings is 1. The third-order valence-electron chi connectivity index (χ3n) is 5.99. The molecule has 0 spiro atoms. The van der Waals surface area contributed by atoms with Crippen LogP contribution in [0.3, 0.4) is 0 Å². The number of benzene rings is 2. The number of amides is 1. The van der Waals surface area contributed by atoms with Crippen molar-refractivity contribution in [2.24, 2.45) is 0 Å². The highest BCUT2D eigenvalue weighted by Crippen LogP contribution is 2.33. The highest BCUT2D eigenvalue weighted by atomic mass is 35.5. The number of nitrogens with one attached hydrogen (secondary N) is 1. The van der Waals surface area contributed by atoms with Crippen molar-refractivity contribution >= 4 is 34.9 Å². The van der Waals surface area contributed by atoms with Crippen LogP contribution in [0.5, 0.6) is 0 Å². The van der Waals surface area contributed by atoms with E-state index in [2.05, 4.69) is 5.32 Å². The largest absolute Gasteiger partial charge is 0.468 e. The maximum absolute atomic E-state index is 12.6. The summed E-state index contributed by atoms with van der Waals surface area (Å²) in [5.41, 5.74) is 1.29. The molecule has 1 heterocycles. The molecule has 1 aliphatic carbocycles. The van der Waals surface area contributed by atoms with E-state index < -0.39 is 16.9 Å². The maximum Gasteiger partial charge on any atom is 0.327 e. The summed E-state index contributed by atoms with van der Waals surface area (Å²) in [5, 5.41) is 15.1. The number of hydrogen-bond acceptors (Lipinski definition) is 7. The van der Waals surface area contributed by atoms with E-state index >= 15 is 0 Å². The fourth-order valence-corrected chi connectivity index (χ4v) is 4.32. The topological polar surface area (TPSA) is 105 Å². The summed E-state index contributed by atoms with van der Waals surface area (Å²) in [6, 6.07) is 11.2. The summed E-state index contributed by atoms with van der Waals surface area (Å²) in [6.45, 7) is 1.89. The van der Waals surface area contributed by atoms with Crippen molar-refractivity contribution in [1.29, 1.82) is 0 Å². The Morgan fingerprint density at radius 2 is 1.85 bits per heavy atom. The van der Waals surface area contributed by atoms with Gasteiger partial charge in [-0.1, -0.05) is 29.8 Å². The Hall–Kier alpha value is -3.17. The molecule has 1 saturated heterocycles. The van der Waals surface area contributed by atoms with Gasteiger partial charge in [0.2, 0.25) is 0 Å². The summed E-state index contributed by atoms with van der Waals surface area (Å²) >= 11 is 6.34. The zero-order chi connectivity index (χ0) is 23.5. The molecule has 2 aromatic carbocycles. The number of halogens is 1. The molecule has 2 fully saturated rings. The lowest BCUT2D eigenvalue weighted by molar-refractivity contribution is -0.384. The van der Waals surface area contributed by atoms with Crippen molar-refractivity contribution in [2.45, 2.75) is 24.9 Å². The van der Waals surface area contributed by atoms with Gasteiger partial charge in [-0.3, -0.25) is 19.8 Å². The zero-order valence-electron chi connectivity index (χ0n) is 18.2. The van der Waals surface area contributed by atoms with Gasteiger partial charge in [0.15, 0.2) is 0 Å². The number of methoxy groups -OCH3 is 1. The minimum Gasteiger partial charge on any atom is -0.468 e. The number of nitrogens with zero attached hydrogens (tertiary/aromatic N) is 3. The number of nitro benzene ring substituents is 1. The van der Waals surface area contributed by atoms with Crippen molar-refractivity contribution in [3.8, 4) is 0 Å². The molecule has 174 valence electrons. The second kappa shape index (κ2) is 9.76. The monoisotopic (exact) mass is 472 g/mol. The van der Waals surface area contributed by atoms with Gasteiger partial charge in [-0.15, -0.1) is 0 Å². The molecule has 0 bridgehead atoms. The van der Waals surface area contributed by atoms with Crippen LogP contribution < -0.4 is 10.2 Å². The average Bonchev–Trinajstić information content (AvgIpc) is 3.64. The third kappa shape index (κ3) is 5.09. The lowest BCUT2D eigenvalue weighted by Crippen LogP contribution is -2.49. The van der Waals surface area contributed by atoms with Crippen LogP contribution in [0, 0.1) is 10.1 Å². The molecule has 4 rings (SSSR count). The van der Waals surface area contributed by atoms with E-state index in [1.54, 1.807) is 30.3 Å². The Morgan fingerprint density at radius 3 is 2.45 bits per heavy atom. The van der Waals surface area contributed by atoms with Crippen LogP contribution >= 0.6 is 11.6 Å². The Morgan fingerprint density at radius 1 is 1.15 bits per heavy atom. The molecule has 2 aliphatic rings. The van der Waals surface area contributed by atoms with Crippen LogP contribution in [0.25, 0.3) is 0 Å². The van der Waals surface area contributed by atoms with Gasteiger partial charge in [0, 0.05) is 48.9 Å². The molecule has 1 atom stereocenters. The summed E-state index contributed by atoms with van der Waals surface area (Å²) in [6.07, 6.45) is 1.88. The van der Waals surface area contributed by atoms with E-state index in [1.165, 1.54) is 13.2 Å². The van der Waals surface area contributed by atoms with Crippen molar-refractivity contribution in [2.75, 3.05) is 38.2 Å². The number of esters is 1. The zero-order valence-corrected chi connectivity index (χ0v) is 19.0. The molecule has 0 aromatic heterocycles. The van der Waals surface area contributed by atoms with Crippen LogP contribution in [0.15, 0.2) is 42.5 Å². The van der Waals surface area contributed by atoms with Crippen molar-refractivity contribution in [3.63, 3.8) is 0 Å².